The number of rotatable bonds is 1. The standard InChI is InChI=1S/C8H10F3N3/c1-4-3-5(12)14-7(13-2)6(4)8(9,10)11/h3H,1-2H3,(H3,12,13,14). The maximum Gasteiger partial charge on any atom is 0.420 e. The lowest BCUT2D eigenvalue weighted by Crippen LogP contribution is -2.13. The molecule has 0 saturated heterocycles. The molecule has 0 saturated carbocycles. The molecule has 78 valence electrons. The predicted octanol–water partition coefficient (Wildman–Crippen LogP) is 2.03. The van der Waals surface area contributed by atoms with E-state index >= 15 is 0 Å². The highest BCUT2D eigenvalue weighted by atomic mass is 19.4. The lowest BCUT2D eigenvalue weighted by molar-refractivity contribution is -0.137. The second kappa shape index (κ2) is 3.36. The summed E-state index contributed by atoms with van der Waals surface area (Å²) in [6.45, 7) is 1.35. The SMILES string of the molecule is CNc1nc(N)cc(C)c1C(F)(F)F. The van der Waals surface area contributed by atoms with Gasteiger partial charge >= 0.3 is 6.18 Å². The Morgan fingerprint density at radius 2 is 2.00 bits per heavy atom. The summed E-state index contributed by atoms with van der Waals surface area (Å²) >= 11 is 0. The summed E-state index contributed by atoms with van der Waals surface area (Å²) in [6, 6.07) is 1.20. The molecule has 0 aromatic carbocycles. The fourth-order valence-corrected chi connectivity index (χ4v) is 1.24. The Bertz CT molecular complexity index is 346. The van der Waals surface area contributed by atoms with E-state index in [9.17, 15) is 13.2 Å². The van der Waals surface area contributed by atoms with Gasteiger partial charge in [0.2, 0.25) is 0 Å². The van der Waals surface area contributed by atoms with Gasteiger partial charge in [0.05, 0.1) is 0 Å². The molecule has 3 nitrogen and oxygen atoms in total. The molecule has 0 radical (unpaired) electrons. The summed E-state index contributed by atoms with van der Waals surface area (Å²) in [7, 11) is 1.37. The van der Waals surface area contributed by atoms with Crippen LogP contribution in [0.2, 0.25) is 0 Å². The number of halogens is 3. The number of nitrogens with zero attached hydrogens (tertiary/aromatic N) is 1. The van der Waals surface area contributed by atoms with Crippen molar-refractivity contribution < 1.29 is 13.2 Å². The molecule has 1 rings (SSSR count). The Morgan fingerprint density at radius 1 is 1.43 bits per heavy atom. The first kappa shape index (κ1) is 10.6. The number of nitrogen functional groups attached to an aromatic ring is 1. The second-order valence-corrected chi connectivity index (χ2v) is 2.84. The highest BCUT2D eigenvalue weighted by Gasteiger charge is 2.36. The van der Waals surface area contributed by atoms with Crippen LogP contribution in [0.15, 0.2) is 6.07 Å². The Morgan fingerprint density at radius 3 is 2.43 bits per heavy atom. The van der Waals surface area contributed by atoms with Crippen LogP contribution in [0.5, 0.6) is 0 Å². The van der Waals surface area contributed by atoms with Gasteiger partial charge in [-0.25, -0.2) is 4.98 Å². The van der Waals surface area contributed by atoms with E-state index in [0.29, 0.717) is 0 Å². The van der Waals surface area contributed by atoms with Crippen molar-refractivity contribution in [3.63, 3.8) is 0 Å². The molecule has 0 atom stereocenters. The van der Waals surface area contributed by atoms with Crippen LogP contribution in [-0.2, 0) is 6.18 Å². The summed E-state index contributed by atoms with van der Waals surface area (Å²) in [5, 5.41) is 2.37. The van der Waals surface area contributed by atoms with Crippen molar-refractivity contribution in [2.75, 3.05) is 18.1 Å². The van der Waals surface area contributed by atoms with Gasteiger partial charge in [0.15, 0.2) is 0 Å². The topological polar surface area (TPSA) is 50.9 Å². The van der Waals surface area contributed by atoms with E-state index < -0.39 is 11.7 Å². The number of alkyl halides is 3. The van der Waals surface area contributed by atoms with E-state index in [1.54, 1.807) is 0 Å². The highest BCUT2D eigenvalue weighted by molar-refractivity contribution is 5.54. The number of anilines is 2. The van der Waals surface area contributed by atoms with E-state index in [0.717, 1.165) is 0 Å². The van der Waals surface area contributed by atoms with Gasteiger partial charge in [-0.2, -0.15) is 13.2 Å². The normalized spacial score (nSPS) is 11.5. The van der Waals surface area contributed by atoms with E-state index in [-0.39, 0.29) is 17.2 Å². The summed E-state index contributed by atoms with van der Waals surface area (Å²) < 4.78 is 37.5. The summed E-state index contributed by atoms with van der Waals surface area (Å²) in [5.41, 5.74) is 4.62. The van der Waals surface area contributed by atoms with Gasteiger partial charge in [-0.05, 0) is 18.6 Å². The smallest absolute Gasteiger partial charge is 0.384 e. The molecule has 1 heterocycles. The molecule has 0 bridgehead atoms. The molecule has 3 N–H and O–H groups in total. The van der Waals surface area contributed by atoms with E-state index in [1.165, 1.54) is 20.0 Å². The first-order valence-corrected chi connectivity index (χ1v) is 3.88. The quantitative estimate of drug-likeness (QED) is 0.737. The fourth-order valence-electron chi connectivity index (χ4n) is 1.24. The van der Waals surface area contributed by atoms with Crippen LogP contribution in [0.1, 0.15) is 11.1 Å². The third kappa shape index (κ3) is 1.89. The van der Waals surface area contributed by atoms with Crippen LogP contribution < -0.4 is 11.1 Å². The second-order valence-electron chi connectivity index (χ2n) is 2.84. The molecule has 1 aromatic rings. The molecule has 0 amide bonds. The Balaban J connectivity index is 3.40. The van der Waals surface area contributed by atoms with Crippen molar-refractivity contribution in [3.05, 3.63) is 17.2 Å². The summed E-state index contributed by atoms with van der Waals surface area (Å²) in [4.78, 5) is 3.57. The Hall–Kier alpha value is -1.46. The number of nitrogens with one attached hydrogen (secondary N) is 1. The van der Waals surface area contributed by atoms with Gasteiger partial charge in [-0.3, -0.25) is 0 Å². The molecule has 0 unspecified atom stereocenters. The molecule has 0 aliphatic heterocycles. The maximum atomic E-state index is 12.5. The Kier molecular flexibility index (Phi) is 2.55. The average Bonchev–Trinajstić information content (AvgIpc) is 1.99. The molecule has 14 heavy (non-hydrogen) atoms. The van der Waals surface area contributed by atoms with Crippen LogP contribution in [0.4, 0.5) is 24.8 Å². The number of pyridine rings is 1. The summed E-state index contributed by atoms with van der Waals surface area (Å²) in [5.74, 6) is -0.171. The lowest BCUT2D eigenvalue weighted by atomic mass is 10.1. The van der Waals surface area contributed by atoms with E-state index in [1.807, 2.05) is 0 Å². The lowest BCUT2D eigenvalue weighted by Gasteiger charge is -2.14. The van der Waals surface area contributed by atoms with Gasteiger partial charge < -0.3 is 11.1 Å². The van der Waals surface area contributed by atoms with Crippen molar-refractivity contribution in [1.82, 2.24) is 4.98 Å². The maximum absolute atomic E-state index is 12.5. The predicted molar refractivity (Wildman–Crippen MR) is 47.9 cm³/mol. The van der Waals surface area contributed by atoms with Gasteiger partial charge in [0, 0.05) is 7.05 Å². The molecule has 6 heteroatoms. The monoisotopic (exact) mass is 205 g/mol. The minimum Gasteiger partial charge on any atom is -0.384 e. The van der Waals surface area contributed by atoms with E-state index in [4.69, 9.17) is 5.73 Å². The van der Waals surface area contributed by atoms with Crippen LogP contribution in [0.3, 0.4) is 0 Å². The number of nitrogens with two attached hydrogens (primary N) is 1. The molecule has 0 aliphatic carbocycles. The minimum atomic E-state index is -4.41. The van der Waals surface area contributed by atoms with Crippen molar-refractivity contribution in [1.29, 1.82) is 0 Å². The zero-order chi connectivity index (χ0) is 10.9. The van der Waals surface area contributed by atoms with Gasteiger partial charge in [0.1, 0.15) is 17.2 Å². The first-order valence-electron chi connectivity index (χ1n) is 3.88. The largest absolute Gasteiger partial charge is 0.420 e. The Labute approximate surface area is 79.1 Å². The van der Waals surface area contributed by atoms with Crippen LogP contribution >= 0.6 is 0 Å². The zero-order valence-electron chi connectivity index (χ0n) is 7.74. The average molecular weight is 205 g/mol. The molecule has 0 aliphatic rings. The fraction of sp³-hybridized carbons (Fsp3) is 0.375. The minimum absolute atomic E-state index is 0.0642. The highest BCUT2D eigenvalue weighted by Crippen LogP contribution is 2.36. The molecular weight excluding hydrogens is 195 g/mol. The first-order chi connectivity index (χ1) is 6.36. The third-order valence-electron chi connectivity index (χ3n) is 1.76. The van der Waals surface area contributed by atoms with Crippen LogP contribution in [0, 0.1) is 6.92 Å². The number of hydrogen-bond donors (Lipinski definition) is 2. The van der Waals surface area contributed by atoms with Crippen molar-refractivity contribution >= 4 is 11.6 Å². The van der Waals surface area contributed by atoms with Crippen LogP contribution in [-0.4, -0.2) is 12.0 Å². The van der Waals surface area contributed by atoms with Gasteiger partial charge in [0.25, 0.3) is 0 Å². The van der Waals surface area contributed by atoms with Crippen LogP contribution in [0.25, 0.3) is 0 Å². The zero-order valence-corrected chi connectivity index (χ0v) is 7.74. The number of hydrogen-bond acceptors (Lipinski definition) is 3. The van der Waals surface area contributed by atoms with Crippen molar-refractivity contribution in [3.8, 4) is 0 Å². The van der Waals surface area contributed by atoms with Crippen molar-refractivity contribution in [2.45, 2.75) is 13.1 Å². The number of aryl methyl sites for hydroxylation is 1. The van der Waals surface area contributed by atoms with Gasteiger partial charge in [-0.15, -0.1) is 0 Å². The van der Waals surface area contributed by atoms with E-state index in [2.05, 4.69) is 10.3 Å². The number of aromatic nitrogens is 1. The molecular formula is C8H10F3N3. The third-order valence-corrected chi connectivity index (χ3v) is 1.76. The molecule has 0 spiro atoms. The summed E-state index contributed by atoms with van der Waals surface area (Å²) in [6.07, 6.45) is -4.41. The van der Waals surface area contributed by atoms with Crippen molar-refractivity contribution in [2.24, 2.45) is 0 Å². The van der Waals surface area contributed by atoms with Gasteiger partial charge in [-0.1, -0.05) is 0 Å². The molecule has 1 aromatic heterocycles. The molecule has 0 fully saturated rings.